The Morgan fingerprint density at radius 2 is 1.96 bits per heavy atom. The maximum atomic E-state index is 12.2. The largest absolute Gasteiger partial charge is 0.488 e. The highest BCUT2D eigenvalue weighted by molar-refractivity contribution is 6.31. The number of hydrogen-bond acceptors (Lipinski definition) is 2. The lowest BCUT2D eigenvalue weighted by atomic mass is 10.1. The van der Waals surface area contributed by atoms with Crippen LogP contribution in [0.5, 0.6) is 5.75 Å². The number of carbonyl (C=O) groups excluding carboxylic acids is 1. The van der Waals surface area contributed by atoms with Gasteiger partial charge >= 0.3 is 6.03 Å². The third kappa shape index (κ3) is 6.23. The van der Waals surface area contributed by atoms with Gasteiger partial charge in [0.1, 0.15) is 12.4 Å². The fraction of sp³-hybridized carbons (Fsp3) is 0.278. The van der Waals surface area contributed by atoms with E-state index in [4.69, 9.17) is 16.3 Å². The minimum absolute atomic E-state index is 0.243. The van der Waals surface area contributed by atoms with Crippen LogP contribution in [0.15, 0.2) is 48.5 Å². The van der Waals surface area contributed by atoms with Gasteiger partial charge in [0.2, 0.25) is 0 Å². The molecule has 2 rings (SSSR count). The average molecular weight is 369 g/mol. The number of alkyl halides is 2. The Balaban J connectivity index is 1.85. The van der Waals surface area contributed by atoms with Crippen LogP contribution >= 0.6 is 11.6 Å². The first-order valence-electron chi connectivity index (χ1n) is 7.74. The molecule has 1 atom stereocenters. The van der Waals surface area contributed by atoms with E-state index in [9.17, 15) is 13.6 Å². The zero-order chi connectivity index (χ0) is 18.2. The van der Waals surface area contributed by atoms with Crippen LogP contribution in [-0.2, 0) is 6.54 Å². The van der Waals surface area contributed by atoms with Crippen molar-refractivity contribution in [3.8, 4) is 5.75 Å². The van der Waals surface area contributed by atoms with E-state index in [1.54, 1.807) is 30.3 Å². The smallest absolute Gasteiger partial charge is 0.315 e. The third-order valence-corrected chi connectivity index (χ3v) is 3.79. The van der Waals surface area contributed by atoms with E-state index < -0.39 is 13.0 Å². The second kappa shape index (κ2) is 9.22. The molecule has 0 spiro atoms. The number of benzene rings is 2. The summed E-state index contributed by atoms with van der Waals surface area (Å²) in [5, 5.41) is 6.09. The first-order valence-corrected chi connectivity index (χ1v) is 8.12. The molecule has 2 N–H and O–H groups in total. The van der Waals surface area contributed by atoms with Crippen molar-refractivity contribution in [2.75, 3.05) is 6.61 Å². The van der Waals surface area contributed by atoms with Crippen molar-refractivity contribution in [1.29, 1.82) is 0 Å². The van der Waals surface area contributed by atoms with E-state index in [0.29, 0.717) is 10.8 Å². The van der Waals surface area contributed by atoms with E-state index in [2.05, 4.69) is 10.6 Å². The molecule has 134 valence electrons. The molecule has 0 aliphatic carbocycles. The minimum Gasteiger partial charge on any atom is -0.488 e. The number of nitrogens with one attached hydrogen (secondary N) is 2. The zero-order valence-corrected chi connectivity index (χ0v) is 14.4. The van der Waals surface area contributed by atoms with Crippen LogP contribution in [0.1, 0.15) is 24.1 Å². The number of urea groups is 1. The number of rotatable bonds is 7. The van der Waals surface area contributed by atoms with Gasteiger partial charge in [-0.25, -0.2) is 13.6 Å². The molecule has 0 aliphatic rings. The van der Waals surface area contributed by atoms with Crippen molar-refractivity contribution in [2.24, 2.45) is 0 Å². The molecular formula is C18H19ClF2N2O2. The highest BCUT2D eigenvalue weighted by Gasteiger charge is 2.12. The summed E-state index contributed by atoms with van der Waals surface area (Å²) in [4.78, 5) is 12.0. The predicted octanol–water partition coefficient (Wildman–Crippen LogP) is 4.54. The van der Waals surface area contributed by atoms with Crippen LogP contribution in [0.4, 0.5) is 13.6 Å². The molecular weight excluding hydrogens is 350 g/mol. The van der Waals surface area contributed by atoms with E-state index >= 15 is 0 Å². The van der Waals surface area contributed by atoms with Crippen LogP contribution < -0.4 is 15.4 Å². The van der Waals surface area contributed by atoms with Gasteiger partial charge < -0.3 is 15.4 Å². The Morgan fingerprint density at radius 1 is 1.20 bits per heavy atom. The molecule has 1 unspecified atom stereocenters. The first-order chi connectivity index (χ1) is 12.0. The van der Waals surface area contributed by atoms with Gasteiger partial charge in [-0.2, -0.15) is 0 Å². The summed E-state index contributed by atoms with van der Waals surface area (Å²) in [7, 11) is 0. The number of amides is 2. The van der Waals surface area contributed by atoms with Crippen molar-refractivity contribution in [3.05, 3.63) is 64.7 Å². The summed E-state index contributed by atoms with van der Waals surface area (Å²) in [5.41, 5.74) is 1.56. The lowest BCUT2D eigenvalue weighted by Crippen LogP contribution is -2.36. The van der Waals surface area contributed by atoms with Crippen molar-refractivity contribution < 1.29 is 18.3 Å². The highest BCUT2D eigenvalue weighted by Crippen LogP contribution is 2.22. The molecule has 4 nitrogen and oxygen atoms in total. The summed E-state index contributed by atoms with van der Waals surface area (Å²) in [6, 6.07) is 13.3. The van der Waals surface area contributed by atoms with Gasteiger partial charge in [0.25, 0.3) is 6.43 Å². The van der Waals surface area contributed by atoms with Gasteiger partial charge in [-0.15, -0.1) is 0 Å². The molecule has 0 saturated carbocycles. The molecule has 0 heterocycles. The van der Waals surface area contributed by atoms with Crippen molar-refractivity contribution in [2.45, 2.75) is 25.9 Å². The van der Waals surface area contributed by atoms with Gasteiger partial charge in [-0.1, -0.05) is 41.9 Å². The quantitative estimate of drug-likeness (QED) is 0.753. The Bertz CT molecular complexity index is 713. The lowest BCUT2D eigenvalue weighted by Gasteiger charge is -2.16. The Morgan fingerprint density at radius 3 is 2.68 bits per heavy atom. The van der Waals surface area contributed by atoms with Crippen LogP contribution in [-0.4, -0.2) is 19.1 Å². The summed E-state index contributed by atoms with van der Waals surface area (Å²) in [6.45, 7) is 1.42. The summed E-state index contributed by atoms with van der Waals surface area (Å²) in [6.07, 6.45) is -2.53. The second-order valence-electron chi connectivity index (χ2n) is 5.42. The molecule has 0 aromatic heterocycles. The van der Waals surface area contributed by atoms with Gasteiger partial charge in [-0.3, -0.25) is 0 Å². The maximum Gasteiger partial charge on any atom is 0.315 e. The molecule has 2 aromatic rings. The van der Waals surface area contributed by atoms with Crippen LogP contribution in [0.2, 0.25) is 5.02 Å². The monoisotopic (exact) mass is 368 g/mol. The van der Waals surface area contributed by atoms with E-state index in [-0.39, 0.29) is 18.6 Å². The molecule has 0 saturated heterocycles. The summed E-state index contributed by atoms with van der Waals surface area (Å²) < 4.78 is 29.3. The lowest BCUT2D eigenvalue weighted by molar-refractivity contribution is 0.0818. The Labute approximate surface area is 150 Å². The maximum absolute atomic E-state index is 12.2. The van der Waals surface area contributed by atoms with Crippen molar-refractivity contribution in [1.82, 2.24) is 10.6 Å². The molecule has 0 aliphatic heterocycles. The van der Waals surface area contributed by atoms with E-state index in [0.717, 1.165) is 11.1 Å². The summed E-state index contributed by atoms with van der Waals surface area (Å²) in [5.74, 6) is 0.337. The van der Waals surface area contributed by atoms with E-state index in [1.807, 2.05) is 25.1 Å². The Kier molecular flexibility index (Phi) is 7.01. The van der Waals surface area contributed by atoms with Crippen LogP contribution in [0.25, 0.3) is 0 Å². The predicted molar refractivity (Wildman–Crippen MR) is 93.2 cm³/mol. The standard InChI is InChI=1S/C18H19ClF2N2O2/c1-12(15-7-2-3-8-16(15)19)23-18(24)22-10-13-5-4-6-14(9-13)25-11-17(20)21/h2-9,12,17H,10-11H2,1H3,(H2,22,23,24). The van der Waals surface area contributed by atoms with Gasteiger partial charge in [-0.05, 0) is 36.2 Å². The van der Waals surface area contributed by atoms with Crippen molar-refractivity contribution in [3.63, 3.8) is 0 Å². The minimum atomic E-state index is -2.53. The molecule has 0 radical (unpaired) electrons. The molecule has 2 amide bonds. The van der Waals surface area contributed by atoms with Gasteiger partial charge in [0, 0.05) is 11.6 Å². The number of carbonyl (C=O) groups is 1. The molecule has 0 fully saturated rings. The third-order valence-electron chi connectivity index (χ3n) is 3.45. The van der Waals surface area contributed by atoms with Crippen LogP contribution in [0.3, 0.4) is 0 Å². The number of ether oxygens (including phenoxy) is 1. The van der Waals surface area contributed by atoms with E-state index in [1.165, 1.54) is 0 Å². The van der Waals surface area contributed by atoms with Crippen LogP contribution in [0, 0.1) is 0 Å². The SMILES string of the molecule is CC(NC(=O)NCc1cccc(OCC(F)F)c1)c1ccccc1Cl. The molecule has 0 bridgehead atoms. The van der Waals surface area contributed by atoms with Gasteiger partial charge in [0.05, 0.1) is 6.04 Å². The highest BCUT2D eigenvalue weighted by atomic mass is 35.5. The number of hydrogen-bond donors (Lipinski definition) is 2. The first kappa shape index (κ1) is 19.0. The summed E-state index contributed by atoms with van der Waals surface area (Å²) >= 11 is 6.11. The molecule has 2 aromatic carbocycles. The fourth-order valence-corrected chi connectivity index (χ4v) is 2.54. The molecule has 7 heteroatoms. The second-order valence-corrected chi connectivity index (χ2v) is 5.83. The number of halogens is 3. The molecule has 25 heavy (non-hydrogen) atoms. The van der Waals surface area contributed by atoms with Crippen molar-refractivity contribution >= 4 is 17.6 Å². The zero-order valence-electron chi connectivity index (χ0n) is 13.6. The Hall–Kier alpha value is -2.34. The topological polar surface area (TPSA) is 50.4 Å². The average Bonchev–Trinajstić information content (AvgIpc) is 2.59. The fourth-order valence-electron chi connectivity index (χ4n) is 2.24. The van der Waals surface area contributed by atoms with Gasteiger partial charge in [0.15, 0.2) is 0 Å². The normalized spacial score (nSPS) is 11.9.